The molecule has 0 aromatic carbocycles. The molecule has 4 aliphatic rings. The predicted molar refractivity (Wildman–Crippen MR) is 67.2 cm³/mol. The minimum atomic E-state index is -0.632. The Morgan fingerprint density at radius 1 is 1.26 bits per heavy atom. The predicted octanol–water partition coefficient (Wildman–Crippen LogP) is 2.77. The van der Waals surface area contributed by atoms with Gasteiger partial charge >= 0.3 is 5.97 Å². The van der Waals surface area contributed by atoms with Gasteiger partial charge in [-0.1, -0.05) is 26.7 Å². The molecule has 0 aromatic heterocycles. The molecule has 4 unspecified atom stereocenters. The maximum absolute atomic E-state index is 12.0. The van der Waals surface area contributed by atoms with Crippen LogP contribution in [0.1, 0.15) is 52.4 Å². The van der Waals surface area contributed by atoms with E-state index < -0.39 is 17.2 Å². The van der Waals surface area contributed by atoms with Gasteiger partial charge in [0.15, 0.2) is 0 Å². The Morgan fingerprint density at radius 3 is 2.58 bits per heavy atom. The molecule has 19 heavy (non-hydrogen) atoms. The molecular weight excluding hydrogens is 244 g/mol. The quantitative estimate of drug-likeness (QED) is 0.781. The SMILES string of the molecule is CC1CCCC(C2(C(=O)O)CC(C)C34OC3(C2)O4)C1. The molecule has 0 amide bonds. The van der Waals surface area contributed by atoms with Crippen LogP contribution in [-0.2, 0) is 14.3 Å². The highest BCUT2D eigenvalue weighted by Crippen LogP contribution is 2.79. The van der Waals surface area contributed by atoms with Crippen molar-refractivity contribution < 1.29 is 19.4 Å². The summed E-state index contributed by atoms with van der Waals surface area (Å²) in [7, 11) is 0. The summed E-state index contributed by atoms with van der Waals surface area (Å²) in [6, 6.07) is 0. The fourth-order valence-electron chi connectivity index (χ4n) is 4.97. The van der Waals surface area contributed by atoms with Crippen molar-refractivity contribution in [1.82, 2.24) is 0 Å². The molecule has 2 aliphatic carbocycles. The maximum atomic E-state index is 12.0. The van der Waals surface area contributed by atoms with Crippen LogP contribution >= 0.6 is 0 Å². The Hall–Kier alpha value is -0.610. The van der Waals surface area contributed by atoms with Crippen molar-refractivity contribution >= 4 is 5.97 Å². The smallest absolute Gasteiger partial charge is 0.310 e. The van der Waals surface area contributed by atoms with E-state index in [4.69, 9.17) is 9.47 Å². The molecule has 4 heteroatoms. The van der Waals surface area contributed by atoms with Gasteiger partial charge in [-0.2, -0.15) is 0 Å². The van der Waals surface area contributed by atoms with Crippen LogP contribution in [0.5, 0.6) is 0 Å². The average molecular weight is 266 g/mol. The zero-order valence-electron chi connectivity index (χ0n) is 11.6. The third-order valence-electron chi connectivity index (χ3n) is 6.09. The first kappa shape index (κ1) is 12.2. The summed E-state index contributed by atoms with van der Waals surface area (Å²) in [6.45, 7) is 4.33. The molecule has 2 aliphatic heterocycles. The lowest BCUT2D eigenvalue weighted by Crippen LogP contribution is -2.46. The molecule has 0 radical (unpaired) electrons. The Bertz CT molecular complexity index is 439. The number of hydrogen-bond acceptors (Lipinski definition) is 3. The Kier molecular flexibility index (Phi) is 2.14. The molecule has 0 aromatic rings. The summed E-state index contributed by atoms with van der Waals surface area (Å²) in [5, 5.41) is 9.90. The van der Waals surface area contributed by atoms with Gasteiger partial charge < -0.3 is 14.6 Å². The van der Waals surface area contributed by atoms with Gasteiger partial charge in [0.25, 0.3) is 0 Å². The molecule has 0 spiro atoms. The van der Waals surface area contributed by atoms with Gasteiger partial charge in [0.05, 0.1) is 5.41 Å². The average Bonchev–Trinajstić information content (AvgIpc) is 3.15. The Morgan fingerprint density at radius 2 is 2.00 bits per heavy atom. The summed E-state index contributed by atoms with van der Waals surface area (Å²) < 4.78 is 11.4. The molecule has 2 saturated heterocycles. The number of ether oxygens (including phenoxy) is 2. The van der Waals surface area contributed by atoms with Gasteiger partial charge in [-0.25, -0.2) is 0 Å². The molecule has 106 valence electrons. The van der Waals surface area contributed by atoms with E-state index in [1.54, 1.807) is 0 Å². The number of carboxylic acids is 1. The summed E-state index contributed by atoms with van der Waals surface area (Å²) in [5.74, 6) is -0.385. The summed E-state index contributed by atoms with van der Waals surface area (Å²) >= 11 is 0. The highest BCUT2D eigenvalue weighted by atomic mass is 17.0. The molecule has 4 rings (SSSR count). The first-order valence-corrected chi connectivity index (χ1v) is 7.58. The number of epoxide rings is 2. The van der Waals surface area contributed by atoms with E-state index in [-0.39, 0.29) is 17.6 Å². The van der Waals surface area contributed by atoms with Crippen molar-refractivity contribution in [3.05, 3.63) is 0 Å². The van der Waals surface area contributed by atoms with Crippen molar-refractivity contribution in [2.75, 3.05) is 0 Å². The molecule has 4 atom stereocenters. The number of carboxylic acid groups (broad SMARTS) is 1. The summed E-state index contributed by atoms with van der Waals surface area (Å²) in [5.41, 5.74) is -0.620. The summed E-state index contributed by atoms with van der Waals surface area (Å²) in [4.78, 5) is 12.0. The van der Waals surface area contributed by atoms with Gasteiger partial charge in [0, 0.05) is 12.3 Å². The van der Waals surface area contributed by atoms with Crippen LogP contribution in [0.4, 0.5) is 0 Å². The van der Waals surface area contributed by atoms with Crippen LogP contribution in [-0.4, -0.2) is 22.7 Å². The molecule has 0 bridgehead atoms. The fraction of sp³-hybridized carbons (Fsp3) is 0.933. The number of hydrogen-bond donors (Lipinski definition) is 1. The molecule has 4 fully saturated rings. The second kappa shape index (κ2) is 3.34. The van der Waals surface area contributed by atoms with E-state index in [0.29, 0.717) is 18.8 Å². The number of rotatable bonds is 2. The first-order valence-electron chi connectivity index (χ1n) is 7.58. The van der Waals surface area contributed by atoms with Crippen LogP contribution in [0.15, 0.2) is 0 Å². The van der Waals surface area contributed by atoms with Crippen LogP contribution in [0.25, 0.3) is 0 Å². The highest BCUT2D eigenvalue weighted by Gasteiger charge is 2.95. The standard InChI is InChI=1S/C15H22O4/c1-9-4-3-5-11(6-9)13(12(16)17)7-10(2)15-14(8-13,18-15)19-15/h9-11H,3-8H2,1-2H3,(H,16,17). The van der Waals surface area contributed by atoms with Crippen LogP contribution in [0, 0.1) is 23.2 Å². The van der Waals surface area contributed by atoms with Crippen LogP contribution in [0.2, 0.25) is 0 Å². The fourth-order valence-corrected chi connectivity index (χ4v) is 4.97. The van der Waals surface area contributed by atoms with E-state index in [0.717, 1.165) is 19.3 Å². The van der Waals surface area contributed by atoms with E-state index in [1.165, 1.54) is 6.42 Å². The topological polar surface area (TPSA) is 62.4 Å². The van der Waals surface area contributed by atoms with Crippen molar-refractivity contribution in [3.63, 3.8) is 0 Å². The third kappa shape index (κ3) is 1.34. The lowest BCUT2D eigenvalue weighted by molar-refractivity contribution is -0.159. The lowest BCUT2D eigenvalue weighted by Gasteiger charge is -2.42. The van der Waals surface area contributed by atoms with Crippen molar-refractivity contribution in [2.24, 2.45) is 23.2 Å². The van der Waals surface area contributed by atoms with Gasteiger partial charge in [0.1, 0.15) is 0 Å². The van der Waals surface area contributed by atoms with Crippen molar-refractivity contribution in [2.45, 2.75) is 63.9 Å². The van der Waals surface area contributed by atoms with Gasteiger partial charge in [0.2, 0.25) is 11.6 Å². The Labute approximate surface area is 113 Å². The molecular formula is C15H22O4. The number of aliphatic carboxylic acids is 1. The molecule has 2 saturated carbocycles. The lowest BCUT2D eigenvalue weighted by atomic mass is 9.58. The monoisotopic (exact) mass is 266 g/mol. The molecule has 4 nitrogen and oxygen atoms in total. The second-order valence-corrected chi connectivity index (χ2v) is 7.34. The van der Waals surface area contributed by atoms with Gasteiger partial charge in [-0.15, -0.1) is 0 Å². The van der Waals surface area contributed by atoms with Crippen molar-refractivity contribution in [3.8, 4) is 0 Å². The maximum Gasteiger partial charge on any atom is 0.310 e. The van der Waals surface area contributed by atoms with Crippen molar-refractivity contribution in [1.29, 1.82) is 0 Å². The minimum Gasteiger partial charge on any atom is -0.481 e. The van der Waals surface area contributed by atoms with Crippen LogP contribution < -0.4 is 0 Å². The second-order valence-electron chi connectivity index (χ2n) is 7.34. The first-order chi connectivity index (χ1) is 8.94. The van der Waals surface area contributed by atoms with Gasteiger partial charge in [-0.05, 0) is 31.1 Å². The number of carbonyl (C=O) groups is 1. The largest absolute Gasteiger partial charge is 0.481 e. The zero-order chi connectivity index (χ0) is 13.5. The van der Waals surface area contributed by atoms with Crippen LogP contribution in [0.3, 0.4) is 0 Å². The summed E-state index contributed by atoms with van der Waals surface area (Å²) in [6.07, 6.45) is 5.77. The van der Waals surface area contributed by atoms with E-state index in [1.807, 2.05) is 0 Å². The zero-order valence-corrected chi connectivity index (χ0v) is 11.6. The molecule has 1 N–H and O–H groups in total. The normalized spacial score (nSPS) is 58.9. The Balaban J connectivity index is 1.65. The van der Waals surface area contributed by atoms with E-state index in [2.05, 4.69) is 13.8 Å². The van der Waals surface area contributed by atoms with E-state index >= 15 is 0 Å². The third-order valence-corrected chi connectivity index (χ3v) is 6.09. The molecule has 2 heterocycles. The minimum absolute atomic E-state index is 0.203. The highest BCUT2D eigenvalue weighted by molar-refractivity contribution is 5.76. The van der Waals surface area contributed by atoms with Gasteiger partial charge in [-0.3, -0.25) is 4.79 Å². The van der Waals surface area contributed by atoms with E-state index in [9.17, 15) is 9.90 Å².